The molecule has 0 saturated heterocycles. The molecule has 2 aromatic rings. The molecule has 0 saturated carbocycles. The van der Waals surface area contributed by atoms with E-state index in [4.69, 9.17) is 11.6 Å². The Hall–Kier alpha value is -2.47. The average Bonchev–Trinajstić information content (AvgIpc) is 2.57. The summed E-state index contributed by atoms with van der Waals surface area (Å²) < 4.78 is 12.8. The molecule has 0 spiro atoms. The number of nitrogens with zero attached hydrogens (tertiary/aromatic N) is 1. The molecule has 2 rings (SSSR count). The number of aromatic nitrogens is 1. The fourth-order valence-corrected chi connectivity index (χ4v) is 2.26. The SMILES string of the molecule is CC(C)(CF)NC(=O)c1cc(NC(=O)Cc2ccccc2Cl)ccn1. The molecule has 5 nitrogen and oxygen atoms in total. The van der Waals surface area contributed by atoms with Gasteiger partial charge in [0.25, 0.3) is 5.91 Å². The zero-order chi connectivity index (χ0) is 18.4. The van der Waals surface area contributed by atoms with Crippen LogP contribution in [0.4, 0.5) is 10.1 Å². The minimum atomic E-state index is -0.984. The summed E-state index contributed by atoms with van der Waals surface area (Å²) in [6, 6.07) is 10.1. The van der Waals surface area contributed by atoms with Crippen molar-refractivity contribution >= 4 is 29.1 Å². The Kier molecular flexibility index (Phi) is 6.09. The number of amides is 2. The fraction of sp³-hybridized carbons (Fsp3) is 0.278. The van der Waals surface area contributed by atoms with Gasteiger partial charge in [0, 0.05) is 16.9 Å². The maximum Gasteiger partial charge on any atom is 0.270 e. The lowest BCUT2D eigenvalue weighted by molar-refractivity contribution is -0.115. The summed E-state index contributed by atoms with van der Waals surface area (Å²) in [6.45, 7) is 2.44. The van der Waals surface area contributed by atoms with Crippen molar-refractivity contribution in [3.63, 3.8) is 0 Å². The van der Waals surface area contributed by atoms with Gasteiger partial charge in [-0.3, -0.25) is 14.6 Å². The normalized spacial score (nSPS) is 11.0. The Labute approximate surface area is 150 Å². The van der Waals surface area contributed by atoms with Crippen molar-refractivity contribution in [2.45, 2.75) is 25.8 Å². The summed E-state index contributed by atoms with van der Waals surface area (Å²) in [5.74, 6) is -0.778. The molecule has 0 aliphatic heterocycles. The smallest absolute Gasteiger partial charge is 0.270 e. The van der Waals surface area contributed by atoms with Gasteiger partial charge in [0.05, 0.1) is 12.0 Å². The van der Waals surface area contributed by atoms with Gasteiger partial charge in [0.15, 0.2) is 0 Å². The van der Waals surface area contributed by atoms with E-state index in [9.17, 15) is 14.0 Å². The average molecular weight is 364 g/mol. The predicted molar refractivity (Wildman–Crippen MR) is 95.5 cm³/mol. The van der Waals surface area contributed by atoms with Crippen LogP contribution in [0.25, 0.3) is 0 Å². The summed E-state index contributed by atoms with van der Waals surface area (Å²) in [5.41, 5.74) is 0.243. The van der Waals surface area contributed by atoms with Crippen molar-refractivity contribution in [1.82, 2.24) is 10.3 Å². The molecule has 0 aliphatic rings. The molecule has 0 radical (unpaired) electrons. The number of pyridine rings is 1. The summed E-state index contributed by atoms with van der Waals surface area (Å²) >= 11 is 6.04. The molecule has 0 fully saturated rings. The molecule has 132 valence electrons. The van der Waals surface area contributed by atoms with Crippen molar-refractivity contribution < 1.29 is 14.0 Å². The van der Waals surface area contributed by atoms with Gasteiger partial charge in [0.2, 0.25) is 5.91 Å². The van der Waals surface area contributed by atoms with Gasteiger partial charge in [-0.2, -0.15) is 0 Å². The van der Waals surface area contributed by atoms with Gasteiger partial charge in [-0.05, 0) is 37.6 Å². The second-order valence-electron chi connectivity index (χ2n) is 6.22. The Morgan fingerprint density at radius 3 is 2.64 bits per heavy atom. The molecule has 2 N–H and O–H groups in total. The number of rotatable bonds is 6. The minimum absolute atomic E-state index is 0.0945. The maximum absolute atomic E-state index is 12.8. The van der Waals surface area contributed by atoms with E-state index in [1.165, 1.54) is 12.3 Å². The lowest BCUT2D eigenvalue weighted by atomic mass is 10.1. The minimum Gasteiger partial charge on any atom is -0.343 e. The summed E-state index contributed by atoms with van der Waals surface area (Å²) in [4.78, 5) is 28.2. The number of halogens is 2. The van der Waals surface area contributed by atoms with E-state index in [1.54, 1.807) is 44.2 Å². The molecule has 2 amide bonds. The van der Waals surface area contributed by atoms with E-state index in [2.05, 4.69) is 15.6 Å². The molecule has 1 aromatic heterocycles. The highest BCUT2D eigenvalue weighted by molar-refractivity contribution is 6.31. The first-order valence-electron chi connectivity index (χ1n) is 7.68. The van der Waals surface area contributed by atoms with Crippen LogP contribution in [-0.4, -0.2) is 29.0 Å². The third-order valence-electron chi connectivity index (χ3n) is 3.37. The third-order valence-corrected chi connectivity index (χ3v) is 3.74. The van der Waals surface area contributed by atoms with Crippen molar-refractivity contribution in [3.8, 4) is 0 Å². The predicted octanol–water partition coefficient (Wildman–Crippen LogP) is 3.39. The van der Waals surface area contributed by atoms with Crippen LogP contribution >= 0.6 is 11.6 Å². The van der Waals surface area contributed by atoms with Gasteiger partial charge in [-0.25, -0.2) is 4.39 Å². The van der Waals surface area contributed by atoms with Gasteiger partial charge >= 0.3 is 0 Å². The Morgan fingerprint density at radius 2 is 1.96 bits per heavy atom. The molecule has 1 heterocycles. The molecule has 25 heavy (non-hydrogen) atoms. The monoisotopic (exact) mass is 363 g/mol. The fourth-order valence-electron chi connectivity index (χ4n) is 2.06. The third kappa shape index (κ3) is 5.53. The van der Waals surface area contributed by atoms with E-state index >= 15 is 0 Å². The first-order valence-corrected chi connectivity index (χ1v) is 8.06. The van der Waals surface area contributed by atoms with E-state index in [0.717, 1.165) is 0 Å². The number of nitrogens with one attached hydrogen (secondary N) is 2. The van der Waals surface area contributed by atoms with Crippen LogP contribution < -0.4 is 10.6 Å². The quantitative estimate of drug-likeness (QED) is 0.826. The molecular formula is C18H19ClFN3O2. The molecule has 1 aromatic carbocycles. The summed E-state index contributed by atoms with van der Waals surface area (Å²) in [5, 5.41) is 5.76. The summed E-state index contributed by atoms with van der Waals surface area (Å²) in [7, 11) is 0. The molecule has 0 bridgehead atoms. The van der Waals surface area contributed by atoms with Crippen molar-refractivity contribution in [3.05, 3.63) is 58.9 Å². The van der Waals surface area contributed by atoms with E-state index in [0.29, 0.717) is 16.3 Å². The van der Waals surface area contributed by atoms with Crippen molar-refractivity contribution in [2.75, 3.05) is 12.0 Å². The number of carbonyl (C=O) groups excluding carboxylic acids is 2. The second kappa shape index (κ2) is 8.07. The number of benzene rings is 1. The summed E-state index contributed by atoms with van der Waals surface area (Å²) in [6.07, 6.45) is 1.51. The number of alkyl halides is 1. The van der Waals surface area contributed by atoms with Crippen LogP contribution in [0.1, 0.15) is 29.9 Å². The van der Waals surface area contributed by atoms with Crippen LogP contribution in [0.3, 0.4) is 0 Å². The molecular weight excluding hydrogens is 345 g/mol. The molecule has 0 unspecified atom stereocenters. The zero-order valence-electron chi connectivity index (χ0n) is 14.0. The van der Waals surface area contributed by atoms with Crippen LogP contribution in [-0.2, 0) is 11.2 Å². The highest BCUT2D eigenvalue weighted by atomic mass is 35.5. The standard InChI is InChI=1S/C18H19ClFN3O2/c1-18(2,11-20)23-17(25)15-10-13(7-8-21-15)22-16(24)9-12-5-3-4-6-14(12)19/h3-8,10H,9,11H2,1-2H3,(H,23,25)(H,21,22,24). The number of hydrogen-bond donors (Lipinski definition) is 2. The van der Waals surface area contributed by atoms with Crippen LogP contribution in [0.2, 0.25) is 5.02 Å². The maximum atomic E-state index is 12.8. The van der Waals surface area contributed by atoms with Gasteiger partial charge < -0.3 is 10.6 Å². The largest absolute Gasteiger partial charge is 0.343 e. The van der Waals surface area contributed by atoms with Gasteiger partial charge in [-0.1, -0.05) is 29.8 Å². The van der Waals surface area contributed by atoms with Crippen molar-refractivity contribution in [2.24, 2.45) is 0 Å². The van der Waals surface area contributed by atoms with Crippen molar-refractivity contribution in [1.29, 1.82) is 0 Å². The first kappa shape index (κ1) is 18.9. The Bertz CT molecular complexity index is 780. The van der Waals surface area contributed by atoms with E-state index in [1.807, 2.05) is 0 Å². The van der Waals surface area contributed by atoms with E-state index < -0.39 is 18.1 Å². The van der Waals surface area contributed by atoms with Gasteiger partial charge in [0.1, 0.15) is 12.4 Å². The topological polar surface area (TPSA) is 71.1 Å². The number of carbonyl (C=O) groups is 2. The highest BCUT2D eigenvalue weighted by Crippen LogP contribution is 2.16. The highest BCUT2D eigenvalue weighted by Gasteiger charge is 2.21. The molecule has 0 atom stereocenters. The molecule has 7 heteroatoms. The number of hydrogen-bond acceptors (Lipinski definition) is 3. The Balaban J connectivity index is 2.05. The van der Waals surface area contributed by atoms with Crippen LogP contribution in [0, 0.1) is 0 Å². The van der Waals surface area contributed by atoms with Crippen LogP contribution in [0.5, 0.6) is 0 Å². The van der Waals surface area contributed by atoms with Crippen LogP contribution in [0.15, 0.2) is 42.6 Å². The zero-order valence-corrected chi connectivity index (χ0v) is 14.7. The lowest BCUT2D eigenvalue weighted by Gasteiger charge is -2.22. The molecule has 0 aliphatic carbocycles. The van der Waals surface area contributed by atoms with Gasteiger partial charge in [-0.15, -0.1) is 0 Å². The number of anilines is 1. The lowest BCUT2D eigenvalue weighted by Crippen LogP contribution is -2.45. The second-order valence-corrected chi connectivity index (χ2v) is 6.62. The van der Waals surface area contributed by atoms with E-state index in [-0.39, 0.29) is 18.0 Å². The Morgan fingerprint density at radius 1 is 1.24 bits per heavy atom. The first-order chi connectivity index (χ1) is 11.8.